The van der Waals surface area contributed by atoms with Crippen LogP contribution in [0.25, 0.3) is 0 Å². The minimum Gasteiger partial charge on any atom is -0.385 e. The van der Waals surface area contributed by atoms with Crippen LogP contribution in [0.1, 0.15) is 23.8 Å². The van der Waals surface area contributed by atoms with Crippen LogP contribution in [0, 0.1) is 0 Å². The summed E-state index contributed by atoms with van der Waals surface area (Å²) in [6.07, 6.45) is 2.13. The summed E-state index contributed by atoms with van der Waals surface area (Å²) in [4.78, 5) is 18.5. The van der Waals surface area contributed by atoms with Crippen molar-refractivity contribution >= 4 is 39.1 Å². The number of carbonyl (C=O) groups excluding carboxylic acids is 1. The molecule has 1 fully saturated rings. The van der Waals surface area contributed by atoms with Gasteiger partial charge in [0.25, 0.3) is 0 Å². The van der Waals surface area contributed by atoms with Crippen molar-refractivity contribution in [2.24, 2.45) is 10.7 Å². The van der Waals surface area contributed by atoms with E-state index in [-0.39, 0.29) is 12.1 Å². The summed E-state index contributed by atoms with van der Waals surface area (Å²) in [6.45, 7) is 0. The highest BCUT2D eigenvalue weighted by Crippen LogP contribution is 2.40. The molecule has 0 spiro atoms. The first-order chi connectivity index (χ1) is 7.66. The number of carbonyl (C=O) groups is 1. The molecule has 3 rings (SSSR count). The van der Waals surface area contributed by atoms with E-state index in [1.807, 2.05) is 16.3 Å². The average Bonchev–Trinajstić information content (AvgIpc) is 2.90. The number of hydrogen-bond acceptors (Lipinski definition) is 3. The summed E-state index contributed by atoms with van der Waals surface area (Å²) < 4.78 is 1.02. The number of thiophene rings is 1. The first-order valence-corrected chi connectivity index (χ1v) is 6.74. The van der Waals surface area contributed by atoms with Crippen molar-refractivity contribution in [3.8, 4) is 0 Å². The average molecular weight is 300 g/mol. The monoisotopic (exact) mass is 299 g/mol. The third kappa shape index (κ3) is 1.56. The zero-order chi connectivity index (χ0) is 11.3. The van der Waals surface area contributed by atoms with Gasteiger partial charge in [0, 0.05) is 20.8 Å². The molecule has 1 aromatic heterocycles. The van der Waals surface area contributed by atoms with Gasteiger partial charge in [-0.3, -0.25) is 0 Å². The number of hydrogen-bond donors (Lipinski definition) is 1. The SMILES string of the molecule is NC1=NC(=O)N(C2CC2)C1c1cc(Br)cs1. The van der Waals surface area contributed by atoms with E-state index in [1.54, 1.807) is 11.3 Å². The number of amidine groups is 1. The topological polar surface area (TPSA) is 58.7 Å². The maximum atomic E-state index is 11.7. The zero-order valence-electron chi connectivity index (χ0n) is 8.39. The largest absolute Gasteiger partial charge is 0.385 e. The standard InChI is InChI=1S/C10H10BrN3OS/c11-5-3-7(16-4-5)8-9(12)13-10(15)14(8)6-1-2-6/h3-4,6,8H,1-2H2,(H2,12,13,15). The first-order valence-electron chi connectivity index (χ1n) is 5.07. The second-order valence-electron chi connectivity index (χ2n) is 4.03. The molecule has 2 N–H and O–H groups in total. The van der Waals surface area contributed by atoms with Crippen LogP contribution in [-0.4, -0.2) is 22.8 Å². The van der Waals surface area contributed by atoms with Crippen LogP contribution in [0.15, 0.2) is 20.9 Å². The molecule has 4 nitrogen and oxygen atoms in total. The number of rotatable bonds is 2. The Bertz CT molecular complexity index is 480. The summed E-state index contributed by atoms with van der Waals surface area (Å²) in [5, 5.41) is 2.00. The van der Waals surface area contributed by atoms with Gasteiger partial charge in [-0.25, -0.2) is 4.79 Å². The Morgan fingerprint density at radius 2 is 2.31 bits per heavy atom. The number of halogens is 1. The molecule has 2 heterocycles. The third-order valence-electron chi connectivity index (χ3n) is 2.80. The van der Waals surface area contributed by atoms with Gasteiger partial charge in [-0.1, -0.05) is 0 Å². The Balaban J connectivity index is 1.97. The molecule has 1 unspecified atom stereocenters. The smallest absolute Gasteiger partial charge is 0.346 e. The highest BCUT2D eigenvalue weighted by atomic mass is 79.9. The lowest BCUT2D eigenvalue weighted by Gasteiger charge is -2.22. The molecule has 0 saturated heterocycles. The highest BCUT2D eigenvalue weighted by molar-refractivity contribution is 9.10. The zero-order valence-corrected chi connectivity index (χ0v) is 10.8. The van der Waals surface area contributed by atoms with Gasteiger partial charge < -0.3 is 10.6 Å². The molecule has 0 radical (unpaired) electrons. The van der Waals surface area contributed by atoms with Crippen LogP contribution < -0.4 is 5.73 Å². The lowest BCUT2D eigenvalue weighted by atomic mass is 10.2. The molecule has 16 heavy (non-hydrogen) atoms. The fourth-order valence-corrected chi connectivity index (χ4v) is 3.51. The van der Waals surface area contributed by atoms with E-state index in [0.29, 0.717) is 11.9 Å². The van der Waals surface area contributed by atoms with Crippen molar-refractivity contribution in [1.29, 1.82) is 0 Å². The third-order valence-corrected chi connectivity index (χ3v) is 4.55. The van der Waals surface area contributed by atoms with Crippen LogP contribution in [0.2, 0.25) is 0 Å². The van der Waals surface area contributed by atoms with Crippen molar-refractivity contribution in [2.75, 3.05) is 0 Å². The van der Waals surface area contributed by atoms with Crippen LogP contribution in [-0.2, 0) is 0 Å². The van der Waals surface area contributed by atoms with E-state index in [1.165, 1.54) is 0 Å². The summed E-state index contributed by atoms with van der Waals surface area (Å²) in [5.41, 5.74) is 5.85. The molecular formula is C10H10BrN3OS. The molecule has 1 aromatic rings. The minimum atomic E-state index is -0.186. The molecule has 1 atom stereocenters. The van der Waals surface area contributed by atoms with Crippen molar-refractivity contribution in [3.63, 3.8) is 0 Å². The number of nitrogens with two attached hydrogens (primary N) is 1. The maximum absolute atomic E-state index is 11.7. The second kappa shape index (κ2) is 3.56. The van der Waals surface area contributed by atoms with Crippen molar-refractivity contribution in [2.45, 2.75) is 24.9 Å². The van der Waals surface area contributed by atoms with Gasteiger partial charge >= 0.3 is 6.03 Å². The molecule has 1 saturated carbocycles. The van der Waals surface area contributed by atoms with Crippen molar-refractivity contribution < 1.29 is 4.79 Å². The summed E-state index contributed by atoms with van der Waals surface area (Å²) in [5.74, 6) is 0.422. The molecule has 1 aliphatic carbocycles. The van der Waals surface area contributed by atoms with E-state index < -0.39 is 0 Å². The Kier molecular flexibility index (Phi) is 2.29. The van der Waals surface area contributed by atoms with Crippen molar-refractivity contribution in [3.05, 3.63) is 20.8 Å². The fourth-order valence-electron chi connectivity index (χ4n) is 1.96. The van der Waals surface area contributed by atoms with Gasteiger partial charge in [-0.15, -0.1) is 11.3 Å². The van der Waals surface area contributed by atoms with Crippen LogP contribution >= 0.6 is 27.3 Å². The summed E-state index contributed by atoms with van der Waals surface area (Å²) in [6, 6.07) is 2.01. The summed E-state index contributed by atoms with van der Waals surface area (Å²) >= 11 is 5.01. The summed E-state index contributed by atoms with van der Waals surface area (Å²) in [7, 11) is 0. The Morgan fingerprint density at radius 3 is 2.88 bits per heavy atom. The van der Waals surface area contributed by atoms with E-state index >= 15 is 0 Å². The Labute approximate surface area is 105 Å². The lowest BCUT2D eigenvalue weighted by Crippen LogP contribution is -2.34. The molecular weight excluding hydrogens is 290 g/mol. The van der Waals surface area contributed by atoms with E-state index in [0.717, 1.165) is 22.2 Å². The number of aliphatic imine (C=N–C) groups is 1. The van der Waals surface area contributed by atoms with E-state index in [9.17, 15) is 4.79 Å². The Hall–Kier alpha value is -0.880. The van der Waals surface area contributed by atoms with Crippen molar-refractivity contribution in [1.82, 2.24) is 4.90 Å². The predicted octanol–water partition coefficient (Wildman–Crippen LogP) is 2.51. The predicted molar refractivity (Wildman–Crippen MR) is 66.6 cm³/mol. The van der Waals surface area contributed by atoms with Gasteiger partial charge in [-0.05, 0) is 34.8 Å². The molecule has 2 aliphatic rings. The molecule has 6 heteroatoms. The van der Waals surface area contributed by atoms with E-state index in [2.05, 4.69) is 20.9 Å². The fraction of sp³-hybridized carbons (Fsp3) is 0.400. The van der Waals surface area contributed by atoms with E-state index in [4.69, 9.17) is 5.73 Å². The van der Waals surface area contributed by atoms with Crippen LogP contribution in [0.3, 0.4) is 0 Å². The number of nitrogens with zero attached hydrogens (tertiary/aromatic N) is 2. The minimum absolute atomic E-state index is 0.142. The van der Waals surface area contributed by atoms with Crippen LogP contribution in [0.4, 0.5) is 4.79 Å². The highest BCUT2D eigenvalue weighted by Gasteiger charge is 2.44. The lowest BCUT2D eigenvalue weighted by molar-refractivity contribution is 0.204. The van der Waals surface area contributed by atoms with Gasteiger partial charge in [-0.2, -0.15) is 4.99 Å². The maximum Gasteiger partial charge on any atom is 0.346 e. The number of urea groups is 1. The Morgan fingerprint density at radius 1 is 1.56 bits per heavy atom. The molecule has 1 aliphatic heterocycles. The van der Waals surface area contributed by atoms with Gasteiger partial charge in [0.15, 0.2) is 0 Å². The quantitative estimate of drug-likeness (QED) is 0.912. The second-order valence-corrected chi connectivity index (χ2v) is 5.89. The molecule has 0 bridgehead atoms. The first kappa shape index (κ1) is 10.3. The normalized spacial score (nSPS) is 25.1. The van der Waals surface area contributed by atoms with Gasteiger partial charge in [0.1, 0.15) is 11.9 Å². The molecule has 84 valence electrons. The molecule has 0 aromatic carbocycles. The number of amides is 2. The van der Waals surface area contributed by atoms with Crippen LogP contribution in [0.5, 0.6) is 0 Å². The van der Waals surface area contributed by atoms with Gasteiger partial charge in [0.2, 0.25) is 0 Å². The molecule has 2 amide bonds. The van der Waals surface area contributed by atoms with Gasteiger partial charge in [0.05, 0.1) is 0 Å².